The molecule has 0 spiro atoms. The fourth-order valence-corrected chi connectivity index (χ4v) is 3.56. The van der Waals surface area contributed by atoms with Crippen molar-refractivity contribution in [3.63, 3.8) is 0 Å². The van der Waals surface area contributed by atoms with Crippen molar-refractivity contribution in [1.82, 2.24) is 0 Å². The summed E-state index contributed by atoms with van der Waals surface area (Å²) in [6.45, 7) is 0.777. The number of fused-ring (bicyclic) bond motifs is 1. The van der Waals surface area contributed by atoms with Crippen LogP contribution in [0.15, 0.2) is 18.2 Å². The quantitative estimate of drug-likeness (QED) is 0.909. The summed E-state index contributed by atoms with van der Waals surface area (Å²) in [4.78, 5) is 0. The molecule has 3 nitrogen and oxygen atoms in total. The number of nitrogens with two attached hydrogens (primary N) is 1. The first-order chi connectivity index (χ1) is 9.27. The van der Waals surface area contributed by atoms with Crippen molar-refractivity contribution in [3.05, 3.63) is 29.3 Å². The van der Waals surface area contributed by atoms with Gasteiger partial charge in [0.15, 0.2) is 0 Å². The highest BCUT2D eigenvalue weighted by molar-refractivity contribution is 5.46. The summed E-state index contributed by atoms with van der Waals surface area (Å²) >= 11 is 0. The molecule has 1 saturated carbocycles. The number of hydrogen-bond donors (Lipinski definition) is 1. The first-order valence-corrected chi connectivity index (χ1v) is 7.32. The normalized spacial score (nSPS) is 22.6. The van der Waals surface area contributed by atoms with Gasteiger partial charge in [0.25, 0.3) is 0 Å². The van der Waals surface area contributed by atoms with Crippen LogP contribution in [0.2, 0.25) is 0 Å². The second kappa shape index (κ2) is 5.14. The van der Waals surface area contributed by atoms with Crippen LogP contribution in [0.3, 0.4) is 0 Å². The highest BCUT2D eigenvalue weighted by atomic mass is 16.5. The van der Waals surface area contributed by atoms with Gasteiger partial charge in [-0.25, -0.2) is 0 Å². The van der Waals surface area contributed by atoms with E-state index in [1.54, 1.807) is 7.11 Å². The van der Waals surface area contributed by atoms with E-state index >= 15 is 0 Å². The van der Waals surface area contributed by atoms with Crippen molar-refractivity contribution in [3.8, 4) is 5.75 Å². The number of para-hydroxylation sites is 1. The van der Waals surface area contributed by atoms with E-state index in [1.807, 2.05) is 0 Å². The molecule has 1 heterocycles. The molecule has 0 saturated heterocycles. The first kappa shape index (κ1) is 12.9. The minimum Gasteiger partial charge on any atom is -0.493 e. The Labute approximate surface area is 115 Å². The van der Waals surface area contributed by atoms with Crippen molar-refractivity contribution in [2.24, 2.45) is 5.73 Å². The van der Waals surface area contributed by atoms with Crippen molar-refractivity contribution in [2.75, 3.05) is 13.7 Å². The summed E-state index contributed by atoms with van der Waals surface area (Å²) in [7, 11) is 1.80. The van der Waals surface area contributed by atoms with Gasteiger partial charge in [0.2, 0.25) is 0 Å². The number of benzene rings is 1. The molecule has 3 rings (SSSR count). The number of rotatable bonds is 3. The zero-order valence-corrected chi connectivity index (χ0v) is 11.7. The van der Waals surface area contributed by atoms with E-state index in [-0.39, 0.29) is 11.6 Å². The van der Waals surface area contributed by atoms with Gasteiger partial charge in [0.05, 0.1) is 18.2 Å². The molecule has 1 fully saturated rings. The van der Waals surface area contributed by atoms with Gasteiger partial charge in [-0.05, 0) is 18.4 Å². The summed E-state index contributed by atoms with van der Waals surface area (Å²) in [5, 5.41) is 0. The molecule has 1 aromatic carbocycles. The molecule has 1 aliphatic heterocycles. The fourth-order valence-electron chi connectivity index (χ4n) is 3.56. The third kappa shape index (κ3) is 2.15. The maximum absolute atomic E-state index is 6.58. The molecule has 1 unspecified atom stereocenters. The predicted molar refractivity (Wildman–Crippen MR) is 75.4 cm³/mol. The van der Waals surface area contributed by atoms with Gasteiger partial charge in [-0.15, -0.1) is 0 Å². The summed E-state index contributed by atoms with van der Waals surface area (Å²) < 4.78 is 11.7. The molecule has 0 radical (unpaired) electrons. The van der Waals surface area contributed by atoms with Crippen LogP contribution in [0.4, 0.5) is 0 Å². The average molecular weight is 261 g/mol. The van der Waals surface area contributed by atoms with Crippen LogP contribution in [-0.4, -0.2) is 19.3 Å². The van der Waals surface area contributed by atoms with Crippen LogP contribution in [0.5, 0.6) is 5.75 Å². The largest absolute Gasteiger partial charge is 0.493 e. The Morgan fingerprint density at radius 3 is 2.79 bits per heavy atom. The molecule has 3 heteroatoms. The van der Waals surface area contributed by atoms with Gasteiger partial charge in [-0.1, -0.05) is 37.5 Å². The fraction of sp³-hybridized carbons (Fsp3) is 0.625. The van der Waals surface area contributed by atoms with E-state index in [0.717, 1.165) is 37.2 Å². The maximum atomic E-state index is 6.58. The zero-order chi connectivity index (χ0) is 13.3. The molecule has 0 bridgehead atoms. The molecule has 2 aliphatic rings. The molecule has 2 N–H and O–H groups in total. The lowest BCUT2D eigenvalue weighted by atomic mass is 9.76. The van der Waals surface area contributed by atoms with Gasteiger partial charge in [-0.3, -0.25) is 0 Å². The topological polar surface area (TPSA) is 44.5 Å². The van der Waals surface area contributed by atoms with E-state index in [2.05, 4.69) is 18.2 Å². The van der Waals surface area contributed by atoms with Gasteiger partial charge in [0.1, 0.15) is 5.75 Å². The highest BCUT2D eigenvalue weighted by Crippen LogP contribution is 2.43. The third-order valence-corrected chi connectivity index (χ3v) is 4.75. The Bertz CT molecular complexity index is 452. The Kier molecular flexibility index (Phi) is 3.50. The average Bonchev–Trinajstić information content (AvgIpc) is 2.95. The molecule has 1 aromatic rings. The van der Waals surface area contributed by atoms with Crippen LogP contribution in [-0.2, 0) is 11.2 Å². The molecule has 0 amide bonds. The lowest BCUT2D eigenvalue weighted by molar-refractivity contribution is -0.0599. The van der Waals surface area contributed by atoms with Gasteiger partial charge >= 0.3 is 0 Å². The van der Waals surface area contributed by atoms with Crippen molar-refractivity contribution in [2.45, 2.75) is 50.2 Å². The van der Waals surface area contributed by atoms with Crippen LogP contribution >= 0.6 is 0 Å². The highest BCUT2D eigenvalue weighted by Gasteiger charge is 2.40. The zero-order valence-electron chi connectivity index (χ0n) is 11.7. The van der Waals surface area contributed by atoms with E-state index in [4.69, 9.17) is 15.2 Å². The van der Waals surface area contributed by atoms with Gasteiger partial charge in [0, 0.05) is 19.1 Å². The Hall–Kier alpha value is -1.06. The van der Waals surface area contributed by atoms with Crippen LogP contribution in [0.1, 0.15) is 49.3 Å². The van der Waals surface area contributed by atoms with Crippen molar-refractivity contribution >= 4 is 0 Å². The van der Waals surface area contributed by atoms with Crippen molar-refractivity contribution < 1.29 is 9.47 Å². The molecule has 104 valence electrons. The van der Waals surface area contributed by atoms with Crippen LogP contribution < -0.4 is 10.5 Å². The Morgan fingerprint density at radius 1 is 1.26 bits per heavy atom. The summed E-state index contributed by atoms with van der Waals surface area (Å²) in [5.74, 6) is 1.01. The van der Waals surface area contributed by atoms with E-state index in [1.165, 1.54) is 24.8 Å². The molecular weight excluding hydrogens is 238 g/mol. The summed E-state index contributed by atoms with van der Waals surface area (Å²) in [6.07, 6.45) is 6.80. The minimum absolute atomic E-state index is 0.0918. The molecular formula is C16H23NO2. The minimum atomic E-state index is -0.209. The Balaban J connectivity index is 1.94. The monoisotopic (exact) mass is 261 g/mol. The second-order valence-corrected chi connectivity index (χ2v) is 5.74. The van der Waals surface area contributed by atoms with E-state index < -0.39 is 0 Å². The third-order valence-electron chi connectivity index (χ3n) is 4.75. The van der Waals surface area contributed by atoms with Crippen molar-refractivity contribution in [1.29, 1.82) is 0 Å². The predicted octanol–water partition coefficient (Wildman–Crippen LogP) is 2.97. The van der Waals surface area contributed by atoms with Gasteiger partial charge in [-0.2, -0.15) is 0 Å². The maximum Gasteiger partial charge on any atom is 0.127 e. The lowest BCUT2D eigenvalue weighted by Gasteiger charge is -2.41. The van der Waals surface area contributed by atoms with E-state index in [0.29, 0.717) is 0 Å². The summed E-state index contributed by atoms with van der Waals surface area (Å²) in [5.41, 5.74) is 8.79. The van der Waals surface area contributed by atoms with E-state index in [9.17, 15) is 0 Å². The second-order valence-electron chi connectivity index (χ2n) is 5.74. The lowest BCUT2D eigenvalue weighted by Crippen LogP contribution is -2.44. The first-order valence-electron chi connectivity index (χ1n) is 7.32. The standard InChI is InChI=1S/C16H23NO2/c1-18-16(9-3-2-4-10-16)15(17)13-7-5-6-12-8-11-19-14(12)13/h5-7,15H,2-4,8-11,17H2,1H3. The smallest absolute Gasteiger partial charge is 0.127 e. The molecule has 0 aromatic heterocycles. The van der Waals surface area contributed by atoms with Gasteiger partial charge < -0.3 is 15.2 Å². The van der Waals surface area contributed by atoms with Crippen LogP contribution in [0.25, 0.3) is 0 Å². The molecule has 19 heavy (non-hydrogen) atoms. The molecule has 1 atom stereocenters. The number of methoxy groups -OCH3 is 1. The number of ether oxygens (including phenoxy) is 2. The number of hydrogen-bond acceptors (Lipinski definition) is 3. The van der Waals surface area contributed by atoms with Crippen LogP contribution in [0, 0.1) is 0 Å². The SMILES string of the molecule is COC1(C(N)c2cccc3c2OCC3)CCCCC1. The molecule has 1 aliphatic carbocycles. The summed E-state index contributed by atoms with van der Waals surface area (Å²) in [6, 6.07) is 6.24. The Morgan fingerprint density at radius 2 is 2.05 bits per heavy atom.